The number of methoxy groups -OCH3 is 1. The summed E-state index contributed by atoms with van der Waals surface area (Å²) >= 11 is 0. The fourth-order valence-corrected chi connectivity index (χ4v) is 3.94. The van der Waals surface area contributed by atoms with E-state index in [0.29, 0.717) is 12.0 Å². The van der Waals surface area contributed by atoms with Gasteiger partial charge in [0.15, 0.2) is 0 Å². The third-order valence-electron chi connectivity index (χ3n) is 5.23. The SMILES string of the molecule is COc1cc(CN[C@@H]2CCCCC[C@H]2CO)c2c(c1)C[C@@H](C)O2. The summed E-state index contributed by atoms with van der Waals surface area (Å²) in [7, 11) is 1.71. The molecule has 0 unspecified atom stereocenters. The minimum Gasteiger partial charge on any atom is -0.497 e. The smallest absolute Gasteiger partial charge is 0.127 e. The second-order valence-electron chi connectivity index (χ2n) is 6.98. The molecule has 128 valence electrons. The molecule has 0 aromatic heterocycles. The van der Waals surface area contributed by atoms with Gasteiger partial charge < -0.3 is 19.9 Å². The first-order valence-corrected chi connectivity index (χ1v) is 8.92. The highest BCUT2D eigenvalue weighted by atomic mass is 16.5. The quantitative estimate of drug-likeness (QED) is 0.819. The molecule has 0 saturated heterocycles. The summed E-state index contributed by atoms with van der Waals surface area (Å²) in [5.41, 5.74) is 2.41. The lowest BCUT2D eigenvalue weighted by Gasteiger charge is -2.25. The predicted octanol–water partition coefficient (Wildman–Crippen LogP) is 3.05. The summed E-state index contributed by atoms with van der Waals surface area (Å²) in [4.78, 5) is 0. The number of fused-ring (bicyclic) bond motifs is 1. The van der Waals surface area contributed by atoms with E-state index in [1.54, 1.807) is 7.11 Å². The topological polar surface area (TPSA) is 50.7 Å². The average Bonchev–Trinajstić information content (AvgIpc) is 2.79. The van der Waals surface area contributed by atoms with Gasteiger partial charge in [-0.2, -0.15) is 0 Å². The van der Waals surface area contributed by atoms with Gasteiger partial charge in [0, 0.05) is 36.7 Å². The number of nitrogens with one attached hydrogen (secondary N) is 1. The maximum absolute atomic E-state index is 9.67. The highest BCUT2D eigenvalue weighted by molar-refractivity contribution is 5.49. The van der Waals surface area contributed by atoms with Crippen LogP contribution in [0.25, 0.3) is 0 Å². The fraction of sp³-hybridized carbons (Fsp3) is 0.684. The van der Waals surface area contributed by atoms with Crippen LogP contribution in [0.2, 0.25) is 0 Å². The Hall–Kier alpha value is -1.26. The third-order valence-corrected chi connectivity index (χ3v) is 5.23. The molecule has 3 rings (SSSR count). The van der Waals surface area contributed by atoms with Gasteiger partial charge in [0.1, 0.15) is 17.6 Å². The second kappa shape index (κ2) is 7.54. The number of hydrogen-bond donors (Lipinski definition) is 2. The van der Waals surface area contributed by atoms with Crippen molar-refractivity contribution < 1.29 is 14.6 Å². The first kappa shape index (κ1) is 16.6. The minimum atomic E-state index is 0.235. The van der Waals surface area contributed by atoms with Gasteiger partial charge in [-0.15, -0.1) is 0 Å². The van der Waals surface area contributed by atoms with Crippen LogP contribution in [-0.4, -0.2) is 31.0 Å². The van der Waals surface area contributed by atoms with Gasteiger partial charge in [0.25, 0.3) is 0 Å². The molecule has 0 spiro atoms. The van der Waals surface area contributed by atoms with E-state index in [9.17, 15) is 5.11 Å². The Bertz CT molecular complexity index is 532. The monoisotopic (exact) mass is 319 g/mol. The van der Waals surface area contributed by atoms with E-state index in [0.717, 1.165) is 37.3 Å². The van der Waals surface area contributed by atoms with Crippen LogP contribution in [0, 0.1) is 5.92 Å². The van der Waals surface area contributed by atoms with Gasteiger partial charge in [-0.1, -0.05) is 19.3 Å². The lowest BCUT2D eigenvalue weighted by Crippen LogP contribution is -2.37. The highest BCUT2D eigenvalue weighted by Crippen LogP contribution is 2.36. The Morgan fingerprint density at radius 1 is 1.26 bits per heavy atom. The van der Waals surface area contributed by atoms with E-state index in [1.807, 2.05) is 0 Å². The molecule has 1 aliphatic carbocycles. The van der Waals surface area contributed by atoms with E-state index in [-0.39, 0.29) is 12.7 Å². The number of aliphatic hydroxyl groups excluding tert-OH is 1. The summed E-state index contributed by atoms with van der Waals surface area (Å²) in [6.45, 7) is 3.16. The molecule has 4 heteroatoms. The summed E-state index contributed by atoms with van der Waals surface area (Å²) in [6, 6.07) is 4.56. The Labute approximate surface area is 139 Å². The number of aliphatic hydroxyl groups is 1. The summed E-state index contributed by atoms with van der Waals surface area (Å²) in [5, 5.41) is 13.3. The molecular formula is C19H29NO3. The van der Waals surface area contributed by atoms with Crippen LogP contribution in [0.5, 0.6) is 11.5 Å². The Morgan fingerprint density at radius 2 is 2.09 bits per heavy atom. The van der Waals surface area contributed by atoms with Crippen molar-refractivity contribution in [3.63, 3.8) is 0 Å². The van der Waals surface area contributed by atoms with Crippen LogP contribution < -0.4 is 14.8 Å². The van der Waals surface area contributed by atoms with Gasteiger partial charge in [-0.05, 0) is 37.8 Å². The van der Waals surface area contributed by atoms with E-state index >= 15 is 0 Å². The van der Waals surface area contributed by atoms with Crippen molar-refractivity contribution in [3.05, 3.63) is 23.3 Å². The van der Waals surface area contributed by atoms with Crippen LogP contribution in [0.15, 0.2) is 12.1 Å². The van der Waals surface area contributed by atoms with Gasteiger partial charge in [-0.3, -0.25) is 0 Å². The lowest BCUT2D eigenvalue weighted by atomic mass is 9.95. The number of benzene rings is 1. The maximum atomic E-state index is 9.67. The molecule has 1 heterocycles. The van der Waals surface area contributed by atoms with Gasteiger partial charge >= 0.3 is 0 Å². The maximum Gasteiger partial charge on any atom is 0.127 e. The van der Waals surface area contributed by atoms with Crippen molar-refractivity contribution in [2.75, 3.05) is 13.7 Å². The molecule has 2 aliphatic rings. The van der Waals surface area contributed by atoms with E-state index in [4.69, 9.17) is 9.47 Å². The fourth-order valence-electron chi connectivity index (χ4n) is 3.94. The van der Waals surface area contributed by atoms with Gasteiger partial charge in [0.05, 0.1) is 7.11 Å². The van der Waals surface area contributed by atoms with Crippen LogP contribution in [0.4, 0.5) is 0 Å². The molecule has 0 amide bonds. The second-order valence-corrected chi connectivity index (χ2v) is 6.98. The molecule has 1 aromatic rings. The summed E-state index contributed by atoms with van der Waals surface area (Å²) < 4.78 is 11.5. The van der Waals surface area contributed by atoms with Crippen LogP contribution in [0.3, 0.4) is 0 Å². The third kappa shape index (κ3) is 3.81. The molecule has 23 heavy (non-hydrogen) atoms. The van der Waals surface area contributed by atoms with Crippen molar-refractivity contribution in [1.29, 1.82) is 0 Å². The predicted molar refractivity (Wildman–Crippen MR) is 91.1 cm³/mol. The van der Waals surface area contributed by atoms with Crippen LogP contribution >= 0.6 is 0 Å². The van der Waals surface area contributed by atoms with Crippen molar-refractivity contribution in [2.24, 2.45) is 5.92 Å². The number of ether oxygens (including phenoxy) is 2. The zero-order chi connectivity index (χ0) is 16.2. The normalized spacial score (nSPS) is 27.2. The Kier molecular flexibility index (Phi) is 5.44. The van der Waals surface area contributed by atoms with E-state index in [1.165, 1.54) is 30.4 Å². The Balaban J connectivity index is 1.73. The zero-order valence-electron chi connectivity index (χ0n) is 14.3. The summed E-state index contributed by atoms with van der Waals surface area (Å²) in [5.74, 6) is 2.30. The molecule has 1 aromatic carbocycles. The van der Waals surface area contributed by atoms with Crippen molar-refractivity contribution in [1.82, 2.24) is 5.32 Å². The van der Waals surface area contributed by atoms with E-state index < -0.39 is 0 Å². The largest absolute Gasteiger partial charge is 0.497 e. The lowest BCUT2D eigenvalue weighted by molar-refractivity contribution is 0.180. The molecule has 0 radical (unpaired) electrons. The molecule has 2 N–H and O–H groups in total. The highest BCUT2D eigenvalue weighted by Gasteiger charge is 2.26. The molecule has 1 aliphatic heterocycles. The molecular weight excluding hydrogens is 290 g/mol. The van der Waals surface area contributed by atoms with Crippen LogP contribution in [0.1, 0.15) is 50.2 Å². The number of rotatable bonds is 5. The first-order chi connectivity index (χ1) is 11.2. The minimum absolute atomic E-state index is 0.235. The average molecular weight is 319 g/mol. The van der Waals surface area contributed by atoms with E-state index in [2.05, 4.69) is 24.4 Å². The molecule has 1 saturated carbocycles. The standard InChI is InChI=1S/C19H29NO3/c1-13-8-15-9-17(22-2)10-16(19(15)23-13)11-20-18-7-5-3-4-6-14(18)12-21/h9-10,13-14,18,20-21H,3-8,11-12H2,1-2H3/t13-,14+,18-/m1/s1. The van der Waals surface area contributed by atoms with Crippen molar-refractivity contribution in [2.45, 2.75) is 64.1 Å². The number of hydrogen-bond acceptors (Lipinski definition) is 4. The van der Waals surface area contributed by atoms with Crippen molar-refractivity contribution in [3.8, 4) is 11.5 Å². The zero-order valence-corrected chi connectivity index (χ0v) is 14.3. The Morgan fingerprint density at radius 3 is 2.87 bits per heavy atom. The molecule has 4 nitrogen and oxygen atoms in total. The molecule has 3 atom stereocenters. The van der Waals surface area contributed by atoms with Crippen molar-refractivity contribution >= 4 is 0 Å². The molecule has 1 fully saturated rings. The van der Waals surface area contributed by atoms with Crippen LogP contribution in [-0.2, 0) is 13.0 Å². The van der Waals surface area contributed by atoms with Gasteiger partial charge in [0.2, 0.25) is 0 Å². The first-order valence-electron chi connectivity index (χ1n) is 8.92. The summed E-state index contributed by atoms with van der Waals surface area (Å²) in [6.07, 6.45) is 7.22. The molecule has 0 bridgehead atoms. The van der Waals surface area contributed by atoms with Gasteiger partial charge in [-0.25, -0.2) is 0 Å².